The second kappa shape index (κ2) is 3.69. The topological polar surface area (TPSA) is 43.1 Å². The van der Waals surface area contributed by atoms with Crippen molar-refractivity contribution >= 4 is 0 Å². The van der Waals surface area contributed by atoms with Crippen LogP contribution in [0.1, 0.15) is 40.5 Å². The Kier molecular flexibility index (Phi) is 3.49. The fourth-order valence-corrected chi connectivity index (χ4v) is 0.733. The van der Waals surface area contributed by atoms with Gasteiger partial charge in [0.05, 0.1) is 0 Å². The van der Waals surface area contributed by atoms with Crippen molar-refractivity contribution in [3.8, 4) is 0 Å². The summed E-state index contributed by atoms with van der Waals surface area (Å²) in [7, 11) is 0. The lowest BCUT2D eigenvalue weighted by Gasteiger charge is -2.16. The van der Waals surface area contributed by atoms with Gasteiger partial charge in [-0.15, -0.1) is 0 Å². The molecule has 0 rings (SSSR count). The molecule has 0 saturated heterocycles. The van der Waals surface area contributed by atoms with Gasteiger partial charge in [-0.05, 0) is 12.3 Å². The normalized spacial score (nSPS) is 12.1. The summed E-state index contributed by atoms with van der Waals surface area (Å²) >= 11 is 0. The third-order valence-corrected chi connectivity index (χ3v) is 1.83. The highest BCUT2D eigenvalue weighted by molar-refractivity contribution is 4.67. The van der Waals surface area contributed by atoms with E-state index in [1.165, 1.54) is 0 Å². The van der Waals surface area contributed by atoms with Gasteiger partial charge in [0.15, 0.2) is 0 Å². The summed E-state index contributed by atoms with van der Waals surface area (Å²) in [5.74, 6) is 0.550. The van der Waals surface area contributed by atoms with Gasteiger partial charge in [0, 0.05) is 25.2 Å². The van der Waals surface area contributed by atoms with E-state index in [0.717, 1.165) is 6.42 Å². The zero-order valence-corrected chi connectivity index (χ0v) is 7.76. The molecule has 3 nitrogen and oxygen atoms in total. The van der Waals surface area contributed by atoms with Gasteiger partial charge in [-0.2, -0.15) is 0 Å². The molecule has 0 N–H and O–H groups in total. The second-order valence-corrected chi connectivity index (χ2v) is 4.00. The monoisotopic (exact) mass is 159 g/mol. The molecule has 0 atom stereocenters. The van der Waals surface area contributed by atoms with Crippen molar-refractivity contribution in [3.63, 3.8) is 0 Å². The summed E-state index contributed by atoms with van der Waals surface area (Å²) in [5, 5.41) is 10.4. The third kappa shape index (κ3) is 3.96. The van der Waals surface area contributed by atoms with E-state index in [1.807, 2.05) is 0 Å². The van der Waals surface area contributed by atoms with Crippen molar-refractivity contribution in [1.82, 2.24) is 0 Å². The first-order valence-corrected chi connectivity index (χ1v) is 4.01. The molecule has 0 fully saturated rings. The lowest BCUT2D eigenvalue weighted by Crippen LogP contribution is -2.30. The van der Waals surface area contributed by atoms with Crippen LogP contribution in [0.4, 0.5) is 0 Å². The molecular formula is C8H17NO2. The number of rotatable bonds is 4. The molecule has 0 bridgehead atoms. The fourth-order valence-electron chi connectivity index (χ4n) is 0.733. The van der Waals surface area contributed by atoms with Gasteiger partial charge in [0.2, 0.25) is 5.54 Å². The highest BCUT2D eigenvalue weighted by Crippen LogP contribution is 2.18. The van der Waals surface area contributed by atoms with Crippen LogP contribution in [0.5, 0.6) is 0 Å². The van der Waals surface area contributed by atoms with Crippen LogP contribution >= 0.6 is 0 Å². The second-order valence-electron chi connectivity index (χ2n) is 4.00. The first-order valence-electron chi connectivity index (χ1n) is 4.01. The van der Waals surface area contributed by atoms with Crippen molar-refractivity contribution < 1.29 is 4.92 Å². The van der Waals surface area contributed by atoms with Gasteiger partial charge >= 0.3 is 0 Å². The molecule has 0 aromatic carbocycles. The molecule has 66 valence electrons. The van der Waals surface area contributed by atoms with Crippen molar-refractivity contribution in [2.24, 2.45) is 5.92 Å². The zero-order valence-electron chi connectivity index (χ0n) is 7.76. The van der Waals surface area contributed by atoms with Gasteiger partial charge < -0.3 is 0 Å². The highest BCUT2D eigenvalue weighted by Gasteiger charge is 2.29. The van der Waals surface area contributed by atoms with Crippen molar-refractivity contribution in [2.45, 2.75) is 46.1 Å². The lowest BCUT2D eigenvalue weighted by molar-refractivity contribution is -0.561. The molecule has 0 radical (unpaired) electrons. The minimum atomic E-state index is -0.746. The summed E-state index contributed by atoms with van der Waals surface area (Å²) in [4.78, 5) is 10.2. The predicted molar refractivity (Wildman–Crippen MR) is 45.1 cm³/mol. The van der Waals surface area contributed by atoms with Crippen LogP contribution in [0.3, 0.4) is 0 Å². The molecule has 11 heavy (non-hydrogen) atoms. The third-order valence-electron chi connectivity index (χ3n) is 1.83. The summed E-state index contributed by atoms with van der Waals surface area (Å²) in [6.07, 6.45) is 1.59. The van der Waals surface area contributed by atoms with E-state index in [4.69, 9.17) is 0 Å². The Labute approximate surface area is 67.9 Å². The Morgan fingerprint density at radius 1 is 1.45 bits per heavy atom. The number of nitro groups is 1. The van der Waals surface area contributed by atoms with E-state index in [1.54, 1.807) is 13.8 Å². The minimum absolute atomic E-state index is 0.199. The fraction of sp³-hybridized carbons (Fsp3) is 1.00. The predicted octanol–water partition coefficient (Wildman–Crippen LogP) is 2.48. The van der Waals surface area contributed by atoms with Gasteiger partial charge in [-0.1, -0.05) is 13.8 Å². The maximum absolute atomic E-state index is 10.4. The summed E-state index contributed by atoms with van der Waals surface area (Å²) in [5.41, 5.74) is -0.746. The summed E-state index contributed by atoms with van der Waals surface area (Å²) in [6.45, 7) is 7.51. The van der Waals surface area contributed by atoms with Crippen LogP contribution in [-0.4, -0.2) is 10.5 Å². The summed E-state index contributed by atoms with van der Waals surface area (Å²) in [6, 6.07) is 0. The quantitative estimate of drug-likeness (QED) is 0.467. The van der Waals surface area contributed by atoms with Gasteiger partial charge in [0.1, 0.15) is 0 Å². The van der Waals surface area contributed by atoms with E-state index in [0.29, 0.717) is 12.3 Å². The number of hydrogen-bond acceptors (Lipinski definition) is 2. The first kappa shape index (κ1) is 10.4. The average molecular weight is 159 g/mol. The molecule has 0 amide bonds. The lowest BCUT2D eigenvalue weighted by atomic mass is 9.95. The molecule has 0 unspecified atom stereocenters. The first-order chi connectivity index (χ1) is 4.86. The standard InChI is InChI=1S/C8H17NO2/c1-7(2)5-6-8(3,4)9(10)11/h7H,5-6H2,1-4H3. The van der Waals surface area contributed by atoms with E-state index in [2.05, 4.69) is 13.8 Å². The van der Waals surface area contributed by atoms with Crippen LogP contribution in [0.2, 0.25) is 0 Å². The smallest absolute Gasteiger partial charge is 0.216 e. The van der Waals surface area contributed by atoms with Crippen LogP contribution < -0.4 is 0 Å². The largest absolute Gasteiger partial charge is 0.264 e. The Morgan fingerprint density at radius 2 is 1.91 bits per heavy atom. The maximum Gasteiger partial charge on any atom is 0.216 e. The molecule has 0 aromatic heterocycles. The molecule has 0 aliphatic heterocycles. The molecule has 0 aliphatic carbocycles. The molecule has 0 saturated carbocycles. The van der Waals surface area contributed by atoms with Crippen molar-refractivity contribution in [3.05, 3.63) is 10.1 Å². The minimum Gasteiger partial charge on any atom is -0.264 e. The molecule has 0 spiro atoms. The zero-order chi connectivity index (χ0) is 9.07. The maximum atomic E-state index is 10.4. The van der Waals surface area contributed by atoms with Crippen molar-refractivity contribution in [1.29, 1.82) is 0 Å². The summed E-state index contributed by atoms with van der Waals surface area (Å²) < 4.78 is 0. The molecule has 0 aromatic rings. The van der Waals surface area contributed by atoms with Crippen LogP contribution in [0.25, 0.3) is 0 Å². The van der Waals surface area contributed by atoms with Crippen LogP contribution in [0, 0.1) is 16.0 Å². The average Bonchev–Trinajstić information content (AvgIpc) is 1.84. The van der Waals surface area contributed by atoms with Gasteiger partial charge in [-0.3, -0.25) is 10.1 Å². The Bertz CT molecular complexity index is 141. The van der Waals surface area contributed by atoms with Crippen LogP contribution in [-0.2, 0) is 0 Å². The number of nitrogens with zero attached hydrogens (tertiary/aromatic N) is 1. The SMILES string of the molecule is CC(C)CCC(C)(C)[N+](=O)[O-]. The Balaban J connectivity index is 3.83. The molecule has 0 heterocycles. The van der Waals surface area contributed by atoms with Gasteiger partial charge in [-0.25, -0.2) is 0 Å². The van der Waals surface area contributed by atoms with Crippen molar-refractivity contribution in [2.75, 3.05) is 0 Å². The van der Waals surface area contributed by atoms with E-state index in [-0.39, 0.29) is 4.92 Å². The molecular weight excluding hydrogens is 142 g/mol. The van der Waals surface area contributed by atoms with E-state index in [9.17, 15) is 10.1 Å². The molecule has 0 aliphatic rings. The van der Waals surface area contributed by atoms with E-state index >= 15 is 0 Å². The Morgan fingerprint density at radius 3 is 2.18 bits per heavy atom. The van der Waals surface area contributed by atoms with E-state index < -0.39 is 5.54 Å². The molecule has 3 heteroatoms. The van der Waals surface area contributed by atoms with Crippen LogP contribution in [0.15, 0.2) is 0 Å². The Hall–Kier alpha value is -0.600. The highest BCUT2D eigenvalue weighted by atomic mass is 16.6. The van der Waals surface area contributed by atoms with Gasteiger partial charge in [0.25, 0.3) is 0 Å². The number of hydrogen-bond donors (Lipinski definition) is 0.